The summed E-state index contributed by atoms with van der Waals surface area (Å²) in [5.41, 5.74) is 8.91. The van der Waals surface area contributed by atoms with E-state index < -0.39 is 0 Å². The van der Waals surface area contributed by atoms with Gasteiger partial charge >= 0.3 is 0 Å². The summed E-state index contributed by atoms with van der Waals surface area (Å²) >= 11 is 5.01. The van der Waals surface area contributed by atoms with Gasteiger partial charge in [0.25, 0.3) is 0 Å². The van der Waals surface area contributed by atoms with Crippen molar-refractivity contribution >= 4 is 22.9 Å². The third-order valence-corrected chi connectivity index (χ3v) is 3.97. The van der Waals surface area contributed by atoms with Gasteiger partial charge < -0.3 is 15.7 Å². The van der Waals surface area contributed by atoms with E-state index in [1.54, 1.807) is 0 Å². The van der Waals surface area contributed by atoms with E-state index in [4.69, 9.17) is 18.0 Å². The maximum Gasteiger partial charge on any atom is 0.104 e. The topological polar surface area (TPSA) is 49.5 Å². The van der Waals surface area contributed by atoms with Crippen molar-refractivity contribution in [1.29, 1.82) is 0 Å². The molecular weight excluding hydrogens is 244 g/mol. The fourth-order valence-corrected chi connectivity index (χ4v) is 2.77. The number of hydrogen-bond acceptors (Lipinski definition) is 3. The van der Waals surface area contributed by atoms with Crippen LogP contribution in [0.3, 0.4) is 0 Å². The minimum absolute atomic E-state index is 0.230. The van der Waals surface area contributed by atoms with Crippen LogP contribution >= 0.6 is 12.2 Å². The van der Waals surface area contributed by atoms with Gasteiger partial charge in [0.05, 0.1) is 6.10 Å². The molecule has 0 aliphatic carbocycles. The first kappa shape index (κ1) is 13.3. The Morgan fingerprint density at radius 3 is 2.78 bits per heavy atom. The van der Waals surface area contributed by atoms with E-state index in [1.807, 2.05) is 19.9 Å². The Bertz CT molecular complexity index is 459. The van der Waals surface area contributed by atoms with Crippen molar-refractivity contribution in [1.82, 2.24) is 0 Å². The number of thiocarbonyl (C=S) groups is 1. The molecule has 2 unspecified atom stereocenters. The molecule has 0 spiro atoms. The molecule has 0 bridgehead atoms. The van der Waals surface area contributed by atoms with E-state index in [9.17, 15) is 5.11 Å². The highest BCUT2D eigenvalue weighted by atomic mass is 32.1. The molecule has 2 atom stereocenters. The first-order valence-corrected chi connectivity index (χ1v) is 6.73. The third-order valence-electron chi connectivity index (χ3n) is 3.75. The number of anilines is 1. The van der Waals surface area contributed by atoms with E-state index in [0.29, 0.717) is 10.9 Å². The molecule has 0 amide bonds. The van der Waals surface area contributed by atoms with E-state index >= 15 is 0 Å². The Kier molecular flexibility index (Phi) is 3.88. The van der Waals surface area contributed by atoms with Crippen LogP contribution in [0.15, 0.2) is 18.2 Å². The van der Waals surface area contributed by atoms with Crippen molar-refractivity contribution in [3.05, 3.63) is 29.3 Å². The van der Waals surface area contributed by atoms with Gasteiger partial charge in [-0.25, -0.2) is 0 Å². The SMILES string of the molecule is Cc1cc(N2CCC(C(C)O)C2)ccc1C(N)=S. The molecule has 1 heterocycles. The Hall–Kier alpha value is -1.13. The quantitative estimate of drug-likeness (QED) is 0.818. The molecule has 2 rings (SSSR count). The van der Waals surface area contributed by atoms with Crippen molar-refractivity contribution in [3.63, 3.8) is 0 Å². The van der Waals surface area contributed by atoms with E-state index in [-0.39, 0.29) is 6.10 Å². The van der Waals surface area contributed by atoms with E-state index in [1.165, 1.54) is 5.69 Å². The molecule has 1 aromatic carbocycles. The molecule has 4 heteroatoms. The summed E-state index contributed by atoms with van der Waals surface area (Å²) in [5.74, 6) is 0.376. The fourth-order valence-electron chi connectivity index (χ4n) is 2.54. The van der Waals surface area contributed by atoms with Crippen LogP contribution in [0, 0.1) is 12.8 Å². The van der Waals surface area contributed by atoms with Gasteiger partial charge in [-0.05, 0) is 44.0 Å². The number of hydrogen-bond donors (Lipinski definition) is 2. The van der Waals surface area contributed by atoms with Crippen LogP contribution in [0.5, 0.6) is 0 Å². The van der Waals surface area contributed by atoms with Gasteiger partial charge in [-0.3, -0.25) is 0 Å². The zero-order chi connectivity index (χ0) is 13.3. The Morgan fingerprint density at radius 2 is 2.28 bits per heavy atom. The predicted octanol–water partition coefficient (Wildman–Crippen LogP) is 1.84. The van der Waals surface area contributed by atoms with Crippen LogP contribution < -0.4 is 10.6 Å². The highest BCUT2D eigenvalue weighted by molar-refractivity contribution is 7.80. The highest BCUT2D eigenvalue weighted by Crippen LogP contribution is 2.27. The lowest BCUT2D eigenvalue weighted by Crippen LogP contribution is -2.24. The maximum atomic E-state index is 9.63. The van der Waals surface area contributed by atoms with Crippen LogP contribution in [0.25, 0.3) is 0 Å². The molecule has 3 nitrogen and oxygen atoms in total. The van der Waals surface area contributed by atoms with E-state index in [0.717, 1.165) is 30.6 Å². The minimum Gasteiger partial charge on any atom is -0.393 e. The zero-order valence-electron chi connectivity index (χ0n) is 10.9. The molecule has 1 aromatic rings. The molecule has 0 saturated carbocycles. The van der Waals surface area contributed by atoms with Gasteiger partial charge in [-0.2, -0.15) is 0 Å². The highest BCUT2D eigenvalue weighted by Gasteiger charge is 2.26. The number of nitrogens with zero attached hydrogens (tertiary/aromatic N) is 1. The molecule has 1 saturated heterocycles. The normalized spacial score (nSPS) is 21.1. The van der Waals surface area contributed by atoms with Crippen molar-refractivity contribution in [3.8, 4) is 0 Å². The van der Waals surface area contributed by atoms with Gasteiger partial charge in [0, 0.05) is 30.3 Å². The second-order valence-electron chi connectivity index (χ2n) is 5.10. The lowest BCUT2D eigenvalue weighted by Gasteiger charge is -2.21. The molecule has 98 valence electrons. The second kappa shape index (κ2) is 5.24. The van der Waals surface area contributed by atoms with Crippen molar-refractivity contribution in [2.45, 2.75) is 26.4 Å². The Morgan fingerprint density at radius 1 is 1.56 bits per heavy atom. The first-order chi connectivity index (χ1) is 8.49. The predicted molar refractivity (Wildman–Crippen MR) is 79.1 cm³/mol. The first-order valence-electron chi connectivity index (χ1n) is 6.32. The average molecular weight is 264 g/mol. The Labute approximate surface area is 114 Å². The van der Waals surface area contributed by atoms with Crippen LogP contribution in [-0.2, 0) is 0 Å². The number of aryl methyl sites for hydroxylation is 1. The van der Waals surface area contributed by atoms with Crippen molar-refractivity contribution < 1.29 is 5.11 Å². The van der Waals surface area contributed by atoms with Crippen LogP contribution in [0.4, 0.5) is 5.69 Å². The van der Waals surface area contributed by atoms with Crippen molar-refractivity contribution in [2.24, 2.45) is 11.7 Å². The summed E-state index contributed by atoms with van der Waals surface area (Å²) in [6.07, 6.45) is 0.820. The fraction of sp³-hybridized carbons (Fsp3) is 0.500. The summed E-state index contributed by atoms with van der Waals surface area (Å²) < 4.78 is 0. The minimum atomic E-state index is -0.230. The van der Waals surface area contributed by atoms with Crippen LogP contribution in [0.1, 0.15) is 24.5 Å². The lowest BCUT2D eigenvalue weighted by molar-refractivity contribution is 0.136. The van der Waals surface area contributed by atoms with Crippen LogP contribution in [-0.4, -0.2) is 29.3 Å². The zero-order valence-corrected chi connectivity index (χ0v) is 11.7. The largest absolute Gasteiger partial charge is 0.393 e. The summed E-state index contributed by atoms with van der Waals surface area (Å²) in [6.45, 7) is 5.82. The van der Waals surface area contributed by atoms with Gasteiger partial charge in [0.15, 0.2) is 0 Å². The van der Waals surface area contributed by atoms with Gasteiger partial charge in [-0.1, -0.05) is 12.2 Å². The van der Waals surface area contributed by atoms with Gasteiger partial charge in [-0.15, -0.1) is 0 Å². The number of aliphatic hydroxyl groups is 1. The van der Waals surface area contributed by atoms with E-state index in [2.05, 4.69) is 17.0 Å². The lowest BCUT2D eigenvalue weighted by atomic mass is 10.0. The third kappa shape index (κ3) is 2.65. The molecular formula is C14H20N2OS. The molecule has 1 fully saturated rings. The smallest absolute Gasteiger partial charge is 0.104 e. The number of rotatable bonds is 3. The average Bonchev–Trinajstić information content (AvgIpc) is 2.77. The molecule has 1 aliphatic rings. The van der Waals surface area contributed by atoms with Gasteiger partial charge in [0.1, 0.15) is 4.99 Å². The number of aliphatic hydroxyl groups excluding tert-OH is 1. The van der Waals surface area contributed by atoms with Gasteiger partial charge in [0.2, 0.25) is 0 Å². The Balaban J connectivity index is 2.16. The summed E-state index contributed by atoms with van der Waals surface area (Å²) in [4.78, 5) is 2.76. The number of nitrogens with two attached hydrogens (primary N) is 1. The summed E-state index contributed by atoms with van der Waals surface area (Å²) in [6, 6.07) is 6.17. The molecule has 0 radical (unpaired) electrons. The monoisotopic (exact) mass is 264 g/mol. The second-order valence-corrected chi connectivity index (χ2v) is 5.54. The summed E-state index contributed by atoms with van der Waals surface area (Å²) in [7, 11) is 0. The molecule has 1 aliphatic heterocycles. The molecule has 0 aromatic heterocycles. The van der Waals surface area contributed by atoms with Crippen LogP contribution in [0.2, 0.25) is 0 Å². The van der Waals surface area contributed by atoms with Crippen molar-refractivity contribution in [2.75, 3.05) is 18.0 Å². The molecule has 18 heavy (non-hydrogen) atoms. The molecule has 3 N–H and O–H groups in total. The standard InChI is InChI=1S/C14H20N2OS/c1-9-7-12(3-4-13(9)14(15)18)16-6-5-11(8-16)10(2)17/h3-4,7,10-11,17H,5-6,8H2,1-2H3,(H2,15,18). The summed E-state index contributed by atoms with van der Waals surface area (Å²) in [5, 5.41) is 9.63. The number of benzene rings is 1. The maximum absolute atomic E-state index is 9.63.